The first-order valence-corrected chi connectivity index (χ1v) is 9.69. The third-order valence-electron chi connectivity index (χ3n) is 5.16. The molecule has 0 radical (unpaired) electrons. The van der Waals surface area contributed by atoms with Gasteiger partial charge in [0.25, 0.3) is 5.91 Å². The van der Waals surface area contributed by atoms with E-state index in [0.29, 0.717) is 18.5 Å². The van der Waals surface area contributed by atoms with Gasteiger partial charge in [0.1, 0.15) is 5.75 Å². The van der Waals surface area contributed by atoms with Gasteiger partial charge in [-0.25, -0.2) is 0 Å². The summed E-state index contributed by atoms with van der Waals surface area (Å²) in [5.74, 6) is 0.687. The van der Waals surface area contributed by atoms with Gasteiger partial charge in [-0.1, -0.05) is 18.2 Å². The van der Waals surface area contributed by atoms with E-state index in [-0.39, 0.29) is 5.91 Å². The lowest BCUT2D eigenvalue weighted by Crippen LogP contribution is -2.44. The Kier molecular flexibility index (Phi) is 6.71. The molecule has 0 saturated carbocycles. The van der Waals surface area contributed by atoms with Gasteiger partial charge in [0.05, 0.1) is 7.11 Å². The molecule has 5 heteroatoms. The highest BCUT2D eigenvalue weighted by molar-refractivity contribution is 5.94. The zero-order chi connectivity index (χ0) is 19.9. The average molecular weight is 380 g/mol. The average Bonchev–Trinajstić information content (AvgIpc) is 2.73. The molecule has 0 unspecified atom stereocenters. The van der Waals surface area contributed by atoms with Crippen LogP contribution in [-0.4, -0.2) is 51.1 Å². The highest BCUT2D eigenvalue weighted by Crippen LogP contribution is 2.21. The molecule has 3 rings (SSSR count). The van der Waals surface area contributed by atoms with Crippen molar-refractivity contribution in [3.8, 4) is 5.75 Å². The summed E-state index contributed by atoms with van der Waals surface area (Å²) >= 11 is 0. The van der Waals surface area contributed by atoms with Crippen molar-refractivity contribution < 1.29 is 9.53 Å². The summed E-state index contributed by atoms with van der Waals surface area (Å²) in [6.07, 6.45) is 2.47. The van der Waals surface area contributed by atoms with Crippen molar-refractivity contribution >= 4 is 11.6 Å². The largest absolute Gasteiger partial charge is 0.496 e. The van der Waals surface area contributed by atoms with Crippen molar-refractivity contribution in [2.45, 2.75) is 13.0 Å². The molecule has 148 valence electrons. The van der Waals surface area contributed by atoms with Crippen LogP contribution in [0.15, 0.2) is 55.1 Å². The standard InChI is InChI=1S/C23H29N3O2/c1-4-5-19-16-20(8-11-22(19)28-3)23(27)24-17-18-6-9-21(10-7-18)26-14-12-25(2)13-15-26/h4,6-11,16H,1,5,12-15,17H2,2-3H3,(H,24,27). The molecule has 1 N–H and O–H groups in total. The number of carbonyl (C=O) groups is 1. The number of hydrogen-bond acceptors (Lipinski definition) is 4. The van der Waals surface area contributed by atoms with E-state index >= 15 is 0 Å². The SMILES string of the molecule is C=CCc1cc(C(=O)NCc2ccc(N3CCN(C)CC3)cc2)ccc1OC. The number of piperazine rings is 1. The monoisotopic (exact) mass is 379 g/mol. The highest BCUT2D eigenvalue weighted by Gasteiger charge is 2.14. The minimum atomic E-state index is -0.0869. The van der Waals surface area contributed by atoms with Crippen LogP contribution in [0.25, 0.3) is 0 Å². The molecule has 28 heavy (non-hydrogen) atoms. The molecule has 0 aliphatic carbocycles. The minimum absolute atomic E-state index is 0.0869. The summed E-state index contributed by atoms with van der Waals surface area (Å²) in [6, 6.07) is 13.9. The predicted molar refractivity (Wildman–Crippen MR) is 114 cm³/mol. The molecule has 0 aromatic heterocycles. The number of amides is 1. The first-order chi connectivity index (χ1) is 13.6. The molecule has 0 atom stereocenters. The van der Waals surface area contributed by atoms with Gasteiger partial charge < -0.3 is 19.9 Å². The number of likely N-dealkylation sites (N-methyl/N-ethyl adjacent to an activating group) is 1. The van der Waals surface area contributed by atoms with Crippen LogP contribution in [-0.2, 0) is 13.0 Å². The van der Waals surface area contributed by atoms with Crippen molar-refractivity contribution in [3.05, 3.63) is 71.8 Å². The number of allylic oxidation sites excluding steroid dienone is 1. The number of rotatable bonds is 7. The summed E-state index contributed by atoms with van der Waals surface area (Å²) < 4.78 is 5.34. The van der Waals surface area contributed by atoms with Gasteiger partial charge in [0.15, 0.2) is 0 Å². The van der Waals surface area contributed by atoms with Crippen LogP contribution in [0.5, 0.6) is 5.75 Å². The Morgan fingerprint density at radius 2 is 1.86 bits per heavy atom. The topological polar surface area (TPSA) is 44.8 Å². The molecule has 1 saturated heterocycles. The van der Waals surface area contributed by atoms with Gasteiger partial charge in [0, 0.05) is 44.0 Å². The molecule has 5 nitrogen and oxygen atoms in total. The Balaban J connectivity index is 1.58. The summed E-state index contributed by atoms with van der Waals surface area (Å²) in [6.45, 7) is 8.56. The van der Waals surface area contributed by atoms with Crippen molar-refractivity contribution in [1.29, 1.82) is 0 Å². The molecular weight excluding hydrogens is 350 g/mol. The second-order valence-electron chi connectivity index (χ2n) is 7.16. The van der Waals surface area contributed by atoms with Crippen molar-refractivity contribution in [3.63, 3.8) is 0 Å². The van der Waals surface area contributed by atoms with E-state index in [1.165, 1.54) is 5.69 Å². The second kappa shape index (κ2) is 9.42. The normalized spacial score (nSPS) is 14.6. The molecule has 1 fully saturated rings. The van der Waals surface area contributed by atoms with Crippen LogP contribution in [0.1, 0.15) is 21.5 Å². The van der Waals surface area contributed by atoms with Crippen LogP contribution in [0.3, 0.4) is 0 Å². The van der Waals surface area contributed by atoms with Gasteiger partial charge in [-0.05, 0) is 54.9 Å². The third-order valence-corrected chi connectivity index (χ3v) is 5.16. The molecule has 1 heterocycles. The van der Waals surface area contributed by atoms with Crippen LogP contribution in [0.2, 0.25) is 0 Å². The zero-order valence-corrected chi connectivity index (χ0v) is 16.8. The summed E-state index contributed by atoms with van der Waals surface area (Å²) in [5.41, 5.74) is 3.92. The first kappa shape index (κ1) is 20.0. The Morgan fingerprint density at radius 3 is 2.50 bits per heavy atom. The number of carbonyl (C=O) groups excluding carboxylic acids is 1. The Labute approximate surface area is 167 Å². The Morgan fingerprint density at radius 1 is 1.14 bits per heavy atom. The van der Waals surface area contributed by atoms with Crippen LogP contribution in [0, 0.1) is 0 Å². The van der Waals surface area contributed by atoms with Crippen LogP contribution in [0.4, 0.5) is 5.69 Å². The van der Waals surface area contributed by atoms with Gasteiger partial charge >= 0.3 is 0 Å². The van der Waals surface area contributed by atoms with Crippen molar-refractivity contribution in [1.82, 2.24) is 10.2 Å². The molecular formula is C23H29N3O2. The Bertz CT molecular complexity index is 809. The third kappa shape index (κ3) is 4.93. The van der Waals surface area contributed by atoms with Crippen molar-refractivity contribution in [2.75, 3.05) is 45.2 Å². The summed E-state index contributed by atoms with van der Waals surface area (Å²) in [4.78, 5) is 17.3. The van der Waals surface area contributed by atoms with Crippen molar-refractivity contribution in [2.24, 2.45) is 0 Å². The molecule has 1 aliphatic heterocycles. The molecule has 0 bridgehead atoms. The lowest BCUT2D eigenvalue weighted by atomic mass is 10.1. The fraction of sp³-hybridized carbons (Fsp3) is 0.348. The number of anilines is 1. The van der Waals surface area contributed by atoms with E-state index < -0.39 is 0 Å². The fourth-order valence-electron chi connectivity index (χ4n) is 3.41. The van der Waals surface area contributed by atoms with E-state index in [1.54, 1.807) is 13.2 Å². The quantitative estimate of drug-likeness (QED) is 0.751. The molecule has 2 aromatic rings. The van der Waals surface area contributed by atoms with Gasteiger partial charge in [0.2, 0.25) is 0 Å². The Hall–Kier alpha value is -2.79. The summed E-state index contributed by atoms with van der Waals surface area (Å²) in [7, 11) is 3.79. The fourth-order valence-corrected chi connectivity index (χ4v) is 3.41. The number of nitrogens with one attached hydrogen (secondary N) is 1. The maximum Gasteiger partial charge on any atom is 0.251 e. The second-order valence-corrected chi connectivity index (χ2v) is 7.16. The number of nitrogens with zero attached hydrogens (tertiary/aromatic N) is 2. The van der Waals surface area contributed by atoms with E-state index in [4.69, 9.17) is 4.74 Å². The van der Waals surface area contributed by atoms with E-state index in [9.17, 15) is 4.79 Å². The molecule has 0 spiro atoms. The zero-order valence-electron chi connectivity index (χ0n) is 16.8. The van der Waals surface area contributed by atoms with Gasteiger partial charge in [-0.3, -0.25) is 4.79 Å². The van der Waals surface area contributed by atoms with Gasteiger partial charge in [-0.2, -0.15) is 0 Å². The number of ether oxygens (including phenoxy) is 1. The first-order valence-electron chi connectivity index (χ1n) is 9.69. The summed E-state index contributed by atoms with van der Waals surface area (Å²) in [5, 5.41) is 3.00. The molecule has 1 aliphatic rings. The number of benzene rings is 2. The lowest BCUT2D eigenvalue weighted by Gasteiger charge is -2.34. The molecule has 2 aromatic carbocycles. The predicted octanol–water partition coefficient (Wildman–Crippen LogP) is 3.11. The molecule has 1 amide bonds. The van der Waals surface area contributed by atoms with E-state index in [2.05, 4.69) is 53.0 Å². The minimum Gasteiger partial charge on any atom is -0.496 e. The highest BCUT2D eigenvalue weighted by atomic mass is 16.5. The number of hydrogen-bond donors (Lipinski definition) is 1. The lowest BCUT2D eigenvalue weighted by molar-refractivity contribution is 0.0951. The maximum atomic E-state index is 12.5. The maximum absolute atomic E-state index is 12.5. The van der Waals surface area contributed by atoms with E-state index in [0.717, 1.165) is 43.1 Å². The van der Waals surface area contributed by atoms with Crippen LogP contribution < -0.4 is 15.0 Å². The number of methoxy groups -OCH3 is 1. The smallest absolute Gasteiger partial charge is 0.251 e. The van der Waals surface area contributed by atoms with Crippen LogP contribution >= 0.6 is 0 Å². The van der Waals surface area contributed by atoms with Gasteiger partial charge in [-0.15, -0.1) is 6.58 Å². The van der Waals surface area contributed by atoms with E-state index in [1.807, 2.05) is 18.2 Å².